The number of hydrogen-bond acceptors (Lipinski definition) is 8. The Bertz CT molecular complexity index is 1520. The van der Waals surface area contributed by atoms with Gasteiger partial charge in [-0.3, -0.25) is 14.6 Å². The van der Waals surface area contributed by atoms with Crippen LogP contribution in [0.15, 0.2) is 30.5 Å². The van der Waals surface area contributed by atoms with Crippen LogP contribution < -0.4 is 11.1 Å². The minimum absolute atomic E-state index is 0.0866. The van der Waals surface area contributed by atoms with Crippen LogP contribution in [0.2, 0.25) is 5.02 Å². The zero-order valence-electron chi connectivity index (χ0n) is 31.3. The average Bonchev–Trinajstić information content (AvgIpc) is 3.41. The third kappa shape index (κ3) is 7.41. The fourth-order valence-corrected chi connectivity index (χ4v) is 11.9. The molecule has 2 aromatic rings. The molecule has 4 aliphatic rings. The lowest BCUT2D eigenvalue weighted by atomic mass is 9.43. The summed E-state index contributed by atoms with van der Waals surface area (Å²) in [6.45, 7) is 13.4. The summed E-state index contributed by atoms with van der Waals surface area (Å²) in [5.74, 6) is 2.05. The number of nitrogens with zero attached hydrogens (tertiary/aromatic N) is 2. The summed E-state index contributed by atoms with van der Waals surface area (Å²) in [5, 5.41) is 5.39. The summed E-state index contributed by atoms with van der Waals surface area (Å²) >= 11 is 6.16. The Labute approximate surface area is 304 Å². The van der Waals surface area contributed by atoms with Crippen molar-refractivity contribution in [2.24, 2.45) is 52.1 Å². The number of nitrogens with two attached hydrogens (primary N) is 1. The average molecular weight is 709 g/mol. The van der Waals surface area contributed by atoms with Crippen LogP contribution >= 0.6 is 11.6 Å². The molecule has 0 amide bonds. The molecule has 1 aromatic carbocycles. The molecule has 9 heteroatoms. The van der Waals surface area contributed by atoms with Crippen LogP contribution in [0, 0.1) is 46.3 Å². The topological polar surface area (TPSA) is 107 Å². The van der Waals surface area contributed by atoms with Crippen LogP contribution in [0.4, 0.5) is 5.69 Å². The van der Waals surface area contributed by atoms with Gasteiger partial charge in [-0.05, 0) is 144 Å². The predicted octanol–water partition coefficient (Wildman–Crippen LogP) is 8.11. The largest absolute Gasteiger partial charge is 0.462 e. The number of aromatic nitrogens is 1. The first-order valence-corrected chi connectivity index (χ1v) is 19.8. The molecule has 1 aromatic heterocycles. The Morgan fingerprint density at radius 3 is 2.56 bits per heavy atom. The molecular formula is C41H61ClN4O4. The van der Waals surface area contributed by atoms with E-state index in [1.807, 2.05) is 30.5 Å². The lowest BCUT2D eigenvalue weighted by Gasteiger charge is -2.64. The standard InChI is InChI=1S/C41H61ClN4O4/c1-25(9-7-19-46(6)20-8-17-44-35-15-18-45-36-23-29(42)10-11-31(35)36)32-12-13-33-39-34(24-38(41(32,33)5)50-27(3)48)40(4)16-14-30(43)21-28(40)22-37(39)49-26(2)47/h10-11,15,18,23,25,28,30,32-34,37-39H,7-9,12-14,16-17,19-22,24,43H2,1-6H3,(H,44,45)/t25?,28-,30+,32+,33?,34?,37+,38-,39?,40-,41+/m0/s1. The molecule has 276 valence electrons. The van der Waals surface area contributed by atoms with Gasteiger partial charge in [-0.2, -0.15) is 0 Å². The highest BCUT2D eigenvalue weighted by Gasteiger charge is 2.67. The smallest absolute Gasteiger partial charge is 0.302 e. The molecule has 1 heterocycles. The van der Waals surface area contributed by atoms with E-state index in [1.165, 1.54) is 0 Å². The SMILES string of the molecule is CC(=O)O[C@H]1CC2C(C3CC[C@H](C(C)CCCN(C)CCCNc4ccnc5cc(Cl)ccc45)[C@]31C)[C@H](OC(C)=O)C[C@@H]1C[C@H](N)CC[C@]21C. The minimum Gasteiger partial charge on any atom is -0.462 e. The van der Waals surface area contributed by atoms with Gasteiger partial charge in [0.25, 0.3) is 0 Å². The number of hydrogen-bond donors (Lipinski definition) is 2. The molecule has 0 spiro atoms. The number of carbonyl (C=O) groups excluding carboxylic acids is 2. The molecule has 50 heavy (non-hydrogen) atoms. The molecule has 0 aliphatic heterocycles. The van der Waals surface area contributed by atoms with Gasteiger partial charge in [0, 0.05) is 60.1 Å². The monoisotopic (exact) mass is 708 g/mol. The van der Waals surface area contributed by atoms with Crippen LogP contribution in [0.3, 0.4) is 0 Å². The lowest BCUT2D eigenvalue weighted by molar-refractivity contribution is -0.220. The highest BCUT2D eigenvalue weighted by molar-refractivity contribution is 6.31. The van der Waals surface area contributed by atoms with Crippen molar-refractivity contribution in [1.82, 2.24) is 9.88 Å². The number of halogens is 1. The summed E-state index contributed by atoms with van der Waals surface area (Å²) < 4.78 is 12.6. The van der Waals surface area contributed by atoms with Crippen molar-refractivity contribution in [3.05, 3.63) is 35.5 Å². The highest BCUT2D eigenvalue weighted by Crippen LogP contribution is 2.69. The Morgan fingerprint density at radius 2 is 1.80 bits per heavy atom. The van der Waals surface area contributed by atoms with Crippen molar-refractivity contribution in [3.8, 4) is 0 Å². The van der Waals surface area contributed by atoms with E-state index in [9.17, 15) is 9.59 Å². The Kier molecular flexibility index (Phi) is 11.4. The molecule has 4 aliphatic carbocycles. The molecule has 4 unspecified atom stereocenters. The maximum Gasteiger partial charge on any atom is 0.302 e. The molecule has 0 bridgehead atoms. The first-order valence-electron chi connectivity index (χ1n) is 19.4. The first-order chi connectivity index (χ1) is 23.8. The van der Waals surface area contributed by atoms with E-state index in [0.29, 0.717) is 40.5 Å². The Morgan fingerprint density at radius 1 is 1.04 bits per heavy atom. The zero-order valence-corrected chi connectivity index (χ0v) is 32.0. The van der Waals surface area contributed by atoms with E-state index in [4.69, 9.17) is 26.8 Å². The molecular weight excluding hydrogens is 648 g/mol. The van der Waals surface area contributed by atoms with E-state index >= 15 is 0 Å². The van der Waals surface area contributed by atoms with Crippen molar-refractivity contribution < 1.29 is 19.1 Å². The number of rotatable bonds is 12. The van der Waals surface area contributed by atoms with Crippen LogP contribution in [-0.2, 0) is 19.1 Å². The molecule has 0 saturated heterocycles. The summed E-state index contributed by atoms with van der Waals surface area (Å²) in [7, 11) is 2.23. The van der Waals surface area contributed by atoms with Crippen LogP contribution in [0.25, 0.3) is 10.9 Å². The summed E-state index contributed by atoms with van der Waals surface area (Å²) in [6.07, 6.45) is 12.1. The Balaban J connectivity index is 1.08. The zero-order chi connectivity index (χ0) is 35.8. The van der Waals surface area contributed by atoms with Crippen LogP contribution in [-0.4, -0.2) is 66.8 Å². The van der Waals surface area contributed by atoms with Gasteiger partial charge in [-0.1, -0.05) is 32.4 Å². The maximum atomic E-state index is 12.7. The quantitative estimate of drug-likeness (QED) is 0.168. The van der Waals surface area contributed by atoms with Gasteiger partial charge in [-0.25, -0.2) is 0 Å². The lowest BCUT2D eigenvalue weighted by Crippen LogP contribution is -2.63. The highest BCUT2D eigenvalue weighted by atomic mass is 35.5. The molecule has 11 atom stereocenters. The molecule has 3 N–H and O–H groups in total. The number of fused-ring (bicyclic) bond motifs is 6. The number of nitrogens with one attached hydrogen (secondary N) is 1. The number of benzene rings is 1. The van der Waals surface area contributed by atoms with E-state index in [1.54, 1.807) is 13.8 Å². The summed E-state index contributed by atoms with van der Waals surface area (Å²) in [6, 6.07) is 8.09. The van der Waals surface area contributed by atoms with Gasteiger partial charge in [0.2, 0.25) is 0 Å². The molecule has 8 nitrogen and oxygen atoms in total. The minimum atomic E-state index is -0.180. The number of carbonyl (C=O) groups is 2. The number of ether oxygens (including phenoxy) is 2. The normalized spacial score (nSPS) is 35.5. The second kappa shape index (κ2) is 15.3. The van der Waals surface area contributed by atoms with Crippen LogP contribution in [0.5, 0.6) is 0 Å². The van der Waals surface area contributed by atoms with E-state index in [2.05, 4.69) is 43.0 Å². The van der Waals surface area contributed by atoms with Crippen molar-refractivity contribution >= 4 is 40.1 Å². The van der Waals surface area contributed by atoms with Crippen LogP contribution in [0.1, 0.15) is 98.8 Å². The second-order valence-corrected chi connectivity index (χ2v) is 17.5. The van der Waals surface area contributed by atoms with E-state index in [-0.39, 0.29) is 41.0 Å². The third-order valence-electron chi connectivity index (χ3n) is 14.1. The molecule has 6 rings (SSSR count). The fraction of sp³-hybridized carbons (Fsp3) is 0.732. The van der Waals surface area contributed by atoms with Crippen molar-refractivity contribution in [2.75, 3.05) is 32.0 Å². The number of anilines is 1. The second-order valence-electron chi connectivity index (χ2n) is 17.0. The third-order valence-corrected chi connectivity index (χ3v) is 14.3. The van der Waals surface area contributed by atoms with Gasteiger partial charge < -0.3 is 25.4 Å². The van der Waals surface area contributed by atoms with Crippen molar-refractivity contribution in [2.45, 2.75) is 117 Å². The predicted molar refractivity (Wildman–Crippen MR) is 201 cm³/mol. The van der Waals surface area contributed by atoms with Gasteiger partial charge in [0.1, 0.15) is 12.2 Å². The Hall–Kier alpha value is -2.42. The summed E-state index contributed by atoms with van der Waals surface area (Å²) in [5.41, 5.74) is 8.50. The van der Waals surface area contributed by atoms with Gasteiger partial charge >= 0.3 is 11.9 Å². The van der Waals surface area contributed by atoms with Crippen molar-refractivity contribution in [3.63, 3.8) is 0 Å². The van der Waals surface area contributed by atoms with E-state index in [0.717, 1.165) is 100 Å². The van der Waals surface area contributed by atoms with Gasteiger partial charge in [0.05, 0.1) is 5.52 Å². The maximum absolute atomic E-state index is 12.7. The van der Waals surface area contributed by atoms with Gasteiger partial charge in [0.15, 0.2) is 0 Å². The van der Waals surface area contributed by atoms with E-state index < -0.39 is 0 Å². The molecule has 4 fully saturated rings. The number of esters is 2. The molecule has 4 saturated carbocycles. The summed E-state index contributed by atoms with van der Waals surface area (Å²) in [4.78, 5) is 32.1. The first kappa shape index (κ1) is 37.3. The molecule has 0 radical (unpaired) electrons. The van der Waals surface area contributed by atoms with Gasteiger partial charge in [-0.15, -0.1) is 0 Å². The fourth-order valence-electron chi connectivity index (χ4n) is 11.7. The van der Waals surface area contributed by atoms with Crippen molar-refractivity contribution in [1.29, 1.82) is 0 Å². The number of pyridine rings is 1.